The van der Waals surface area contributed by atoms with E-state index in [1.54, 1.807) is 0 Å². The van der Waals surface area contributed by atoms with E-state index >= 15 is 0 Å². The summed E-state index contributed by atoms with van der Waals surface area (Å²) in [5.74, 6) is 8.33. The van der Waals surface area contributed by atoms with Crippen LogP contribution in [0.25, 0.3) is 0 Å². The van der Waals surface area contributed by atoms with Gasteiger partial charge in [-0.3, -0.25) is 14.4 Å². The van der Waals surface area contributed by atoms with E-state index in [1.165, 1.54) is 25.7 Å². The molecule has 6 aliphatic carbocycles. The summed E-state index contributed by atoms with van der Waals surface area (Å²) in [5.41, 5.74) is -0.0819. The van der Waals surface area contributed by atoms with Crippen LogP contribution in [-0.2, 0) is 23.9 Å². The molecule has 1 aliphatic heterocycles. The number of rotatable bonds is 2. The van der Waals surface area contributed by atoms with Gasteiger partial charge < -0.3 is 14.6 Å². The van der Waals surface area contributed by atoms with Crippen LogP contribution in [0.1, 0.15) is 152 Å². The van der Waals surface area contributed by atoms with E-state index in [0.29, 0.717) is 42.6 Å². The largest absolute Gasteiger partial charge is 0.481 e. The molecular formula is C42H82O6. The second-order valence-electron chi connectivity index (χ2n) is 17.0. The topological polar surface area (TPSA) is 89.9 Å². The molecule has 0 aromatic rings. The van der Waals surface area contributed by atoms with Crippen LogP contribution in [0.3, 0.4) is 0 Å². The van der Waals surface area contributed by atoms with Crippen molar-refractivity contribution in [2.45, 2.75) is 157 Å². The third-order valence-electron chi connectivity index (χ3n) is 14.1. The summed E-state index contributed by atoms with van der Waals surface area (Å²) in [6.45, 7) is 20.4. The van der Waals surface area contributed by atoms with Crippen molar-refractivity contribution in [2.24, 2.45) is 88.3 Å². The smallest absolute Gasteiger partial charge is 0.309 e. The number of carbonyl (C=O) groups is 3. The van der Waals surface area contributed by atoms with Gasteiger partial charge in [0.15, 0.2) is 0 Å². The second kappa shape index (κ2) is 17.6. The Labute approximate surface area is 298 Å². The van der Waals surface area contributed by atoms with Crippen molar-refractivity contribution >= 4 is 17.9 Å². The van der Waals surface area contributed by atoms with Crippen LogP contribution in [-0.4, -0.2) is 35.2 Å². The Bertz CT molecular complexity index is 1040. The predicted octanol–water partition coefficient (Wildman–Crippen LogP) is 11.3. The van der Waals surface area contributed by atoms with Gasteiger partial charge in [-0.1, -0.05) is 86.1 Å². The molecule has 7 aliphatic rings. The summed E-state index contributed by atoms with van der Waals surface area (Å²) in [7, 11) is 0. The van der Waals surface area contributed by atoms with E-state index in [-0.39, 0.29) is 79.4 Å². The zero-order chi connectivity index (χ0) is 30.9. The molecule has 0 aromatic heterocycles. The zero-order valence-electron chi connectivity index (χ0n) is 27.7. The van der Waals surface area contributed by atoms with Gasteiger partial charge in [0, 0.05) is 5.41 Å². The highest BCUT2D eigenvalue weighted by Gasteiger charge is 2.60. The number of fused-ring (bicyclic) bond motifs is 7. The summed E-state index contributed by atoms with van der Waals surface area (Å²) in [6, 6.07) is 0. The maximum absolute atomic E-state index is 12.1. The number of carbonyl (C=O) groups excluding carboxylic acids is 2. The van der Waals surface area contributed by atoms with Crippen molar-refractivity contribution < 1.29 is 29.0 Å². The Kier molecular flexibility index (Phi) is 17.8. The highest BCUT2D eigenvalue weighted by molar-refractivity contribution is 5.74. The normalized spacial score (nSPS) is 43.2. The second-order valence-corrected chi connectivity index (χ2v) is 17.0. The van der Waals surface area contributed by atoms with E-state index in [9.17, 15) is 14.4 Å². The average Bonchev–Trinajstić information content (AvgIpc) is 3.75. The Morgan fingerprint density at radius 3 is 1.50 bits per heavy atom. The molecule has 0 amide bonds. The zero-order valence-corrected chi connectivity index (χ0v) is 27.7. The molecule has 6 heteroatoms. The van der Waals surface area contributed by atoms with Gasteiger partial charge in [-0.05, 0) is 130 Å². The lowest BCUT2D eigenvalue weighted by Crippen LogP contribution is -2.35. The van der Waals surface area contributed by atoms with E-state index in [0.717, 1.165) is 54.3 Å². The molecule has 7 fully saturated rings. The molecule has 6 nitrogen and oxygen atoms in total. The van der Waals surface area contributed by atoms with Gasteiger partial charge in [-0.15, -0.1) is 0 Å². The Balaban J connectivity index is 0. The molecule has 7 rings (SSSR count). The number of hydrogen-bond donors (Lipinski definition) is 1. The van der Waals surface area contributed by atoms with E-state index < -0.39 is 5.97 Å². The molecule has 6 bridgehead atoms. The number of esters is 2. The molecule has 1 heterocycles. The first-order chi connectivity index (χ1) is 19.5. The summed E-state index contributed by atoms with van der Waals surface area (Å²) < 4.78 is 10.7. The Morgan fingerprint density at radius 2 is 1.15 bits per heavy atom. The van der Waals surface area contributed by atoms with Gasteiger partial charge in [-0.25, -0.2) is 0 Å². The van der Waals surface area contributed by atoms with Gasteiger partial charge in [0.2, 0.25) is 0 Å². The van der Waals surface area contributed by atoms with E-state index in [4.69, 9.17) is 14.6 Å². The molecule has 6 saturated carbocycles. The monoisotopic (exact) mass is 683 g/mol. The van der Waals surface area contributed by atoms with Crippen molar-refractivity contribution in [3.63, 3.8) is 0 Å². The third-order valence-corrected chi connectivity index (χ3v) is 14.1. The lowest BCUT2D eigenvalue weighted by Gasteiger charge is -2.38. The number of hydrogen-bond acceptors (Lipinski definition) is 5. The number of carboxylic acid groups (broad SMARTS) is 1. The van der Waals surface area contributed by atoms with Gasteiger partial charge in [0.1, 0.15) is 5.60 Å². The fourth-order valence-electron chi connectivity index (χ4n) is 11.1. The minimum absolute atomic E-state index is 0. The van der Waals surface area contributed by atoms with Gasteiger partial charge in [0.05, 0.1) is 24.9 Å². The van der Waals surface area contributed by atoms with Crippen LogP contribution in [0.2, 0.25) is 0 Å². The predicted molar refractivity (Wildman–Crippen MR) is 202 cm³/mol. The number of aliphatic carboxylic acids is 1. The number of ether oxygens (including phenoxy) is 2. The minimum atomic E-state index is -0.568. The van der Waals surface area contributed by atoms with E-state index in [2.05, 4.69) is 41.5 Å². The van der Waals surface area contributed by atoms with Crippen molar-refractivity contribution in [1.29, 1.82) is 0 Å². The Hall–Kier alpha value is -1.59. The average molecular weight is 683 g/mol. The molecule has 15 atom stereocenters. The highest BCUT2D eigenvalue weighted by atomic mass is 16.6. The van der Waals surface area contributed by atoms with Crippen LogP contribution in [0, 0.1) is 88.3 Å². The first-order valence-electron chi connectivity index (χ1n) is 17.1. The third kappa shape index (κ3) is 8.82. The number of cyclic esters (lactones) is 1. The van der Waals surface area contributed by atoms with Crippen LogP contribution in [0.4, 0.5) is 0 Å². The van der Waals surface area contributed by atoms with Crippen molar-refractivity contribution in [3.8, 4) is 0 Å². The molecule has 286 valence electrons. The van der Waals surface area contributed by atoms with Crippen LogP contribution in [0.5, 0.6) is 0 Å². The van der Waals surface area contributed by atoms with Crippen LogP contribution in [0.15, 0.2) is 0 Å². The Morgan fingerprint density at radius 1 is 0.688 bits per heavy atom. The molecule has 0 aromatic carbocycles. The first-order valence-corrected chi connectivity index (χ1v) is 17.1. The summed E-state index contributed by atoms with van der Waals surface area (Å²) >= 11 is 0. The summed E-state index contributed by atoms with van der Waals surface area (Å²) in [4.78, 5) is 34.2. The van der Waals surface area contributed by atoms with E-state index in [1.807, 2.05) is 20.8 Å². The molecule has 48 heavy (non-hydrogen) atoms. The minimum Gasteiger partial charge on any atom is -0.481 e. The SMILES string of the molecule is C.C.C.C.C.C.CC1C2CC(C(=O)O)C(C2)C1C.CC1C2CC(C(=O)OC(C)(C)C)C(C2)C1C.CC1C2CC(C1C)C1(COC(=O)C1)C2. The molecule has 15 unspecified atom stereocenters. The lowest BCUT2D eigenvalue weighted by molar-refractivity contribution is -0.163. The summed E-state index contributed by atoms with van der Waals surface area (Å²) in [6.07, 6.45) is 7.70. The fraction of sp³-hybridized carbons (Fsp3) is 0.929. The molecule has 1 saturated heterocycles. The first kappa shape index (κ1) is 48.5. The maximum atomic E-state index is 12.1. The van der Waals surface area contributed by atoms with Crippen molar-refractivity contribution in [1.82, 2.24) is 0 Å². The summed E-state index contributed by atoms with van der Waals surface area (Å²) in [5, 5.41) is 8.94. The van der Waals surface area contributed by atoms with Crippen LogP contribution < -0.4 is 0 Å². The maximum Gasteiger partial charge on any atom is 0.309 e. The molecular weight excluding hydrogens is 600 g/mol. The van der Waals surface area contributed by atoms with Gasteiger partial charge >= 0.3 is 17.9 Å². The van der Waals surface area contributed by atoms with Crippen molar-refractivity contribution in [3.05, 3.63) is 0 Å². The molecule has 1 spiro atoms. The van der Waals surface area contributed by atoms with Crippen molar-refractivity contribution in [2.75, 3.05) is 6.61 Å². The van der Waals surface area contributed by atoms with Gasteiger partial charge in [0.25, 0.3) is 0 Å². The fourth-order valence-corrected chi connectivity index (χ4v) is 11.1. The molecule has 0 radical (unpaired) electrons. The molecule has 1 N–H and O–H groups in total. The number of carboxylic acids is 1. The van der Waals surface area contributed by atoms with Gasteiger partial charge in [-0.2, -0.15) is 0 Å². The van der Waals surface area contributed by atoms with Crippen LogP contribution >= 0.6 is 0 Å². The highest BCUT2D eigenvalue weighted by Crippen LogP contribution is 2.64. The lowest BCUT2D eigenvalue weighted by atomic mass is 9.65. The standard InChI is InChI=1S/C14H24O2.C12H18O2.C10H16O2.6CH4/c1-8-9(2)11-6-10(8)7-12(11)13(15)16-14(3,4)5;1-7-8(2)10-3-9(7)4-12(10)5-11(13)14-6-12;1-5-6(2)8-3-7(5)4-9(8)10(11)12;;;;;;/h8-12H,6-7H2,1-5H3;7-10H,3-6H2,1-2H3;5-9H,3-4H2,1-2H3,(H,11,12);6*1H4. The quantitative estimate of drug-likeness (QED) is 0.292.